The van der Waals surface area contributed by atoms with Crippen LogP contribution >= 0.6 is 0 Å². The number of nitrogens with two attached hydrogens (primary N) is 1. The molecular weight excluding hydrogens is 222 g/mol. The molecule has 90 valence electrons. The van der Waals surface area contributed by atoms with Crippen LogP contribution in [0.3, 0.4) is 0 Å². The average molecular weight is 239 g/mol. The smallest absolute Gasteiger partial charge is 0.211 e. The van der Waals surface area contributed by atoms with E-state index in [1.807, 2.05) is 0 Å². The Bertz CT molecular complexity index is 260. The van der Waals surface area contributed by atoms with Gasteiger partial charge in [0.15, 0.2) is 0 Å². The Labute approximate surface area is 89.7 Å². The molecule has 0 bridgehead atoms. The van der Waals surface area contributed by atoms with Gasteiger partial charge in [0.05, 0.1) is 38.3 Å². The van der Waals surface area contributed by atoms with Crippen molar-refractivity contribution in [3.8, 4) is 0 Å². The summed E-state index contributed by atoms with van der Waals surface area (Å²) < 4.78 is 36.6. The van der Waals surface area contributed by atoms with E-state index in [0.29, 0.717) is 19.8 Å². The summed E-state index contributed by atoms with van der Waals surface area (Å²) in [5.74, 6) is -0.153. The monoisotopic (exact) mass is 239 g/mol. The summed E-state index contributed by atoms with van der Waals surface area (Å²) in [6.45, 7) is 2.34. The second-order valence-corrected chi connectivity index (χ2v) is 5.07. The van der Waals surface area contributed by atoms with Crippen molar-refractivity contribution >= 4 is 10.0 Å². The molecule has 1 heterocycles. The first-order chi connectivity index (χ1) is 7.08. The molecule has 0 radical (unpaired) electrons. The fraction of sp³-hybridized carbons (Fsp3) is 1.00. The Morgan fingerprint density at radius 3 is 2.73 bits per heavy atom. The number of hydrogen-bond donors (Lipinski definition) is 1. The zero-order chi connectivity index (χ0) is 11.1. The molecule has 0 aromatic heterocycles. The Hall–Kier alpha value is -0.210. The molecule has 0 amide bonds. The Balaban J connectivity index is 1.89. The van der Waals surface area contributed by atoms with E-state index in [-0.39, 0.29) is 18.5 Å². The molecule has 1 saturated heterocycles. The predicted molar refractivity (Wildman–Crippen MR) is 54.0 cm³/mol. The number of primary sulfonamides is 1. The van der Waals surface area contributed by atoms with Crippen molar-refractivity contribution in [3.05, 3.63) is 0 Å². The van der Waals surface area contributed by atoms with Crippen molar-refractivity contribution in [3.63, 3.8) is 0 Å². The van der Waals surface area contributed by atoms with Crippen LogP contribution in [0.15, 0.2) is 0 Å². The fourth-order valence-corrected chi connectivity index (χ4v) is 1.55. The van der Waals surface area contributed by atoms with Gasteiger partial charge < -0.3 is 14.2 Å². The first-order valence-electron chi connectivity index (χ1n) is 4.85. The zero-order valence-corrected chi connectivity index (χ0v) is 9.37. The Kier molecular flexibility index (Phi) is 5.48. The molecule has 0 aromatic rings. The number of hydrogen-bond acceptors (Lipinski definition) is 5. The molecule has 7 heteroatoms. The summed E-state index contributed by atoms with van der Waals surface area (Å²) in [4.78, 5) is 0. The van der Waals surface area contributed by atoms with Crippen LogP contribution in [0.1, 0.15) is 6.42 Å². The molecule has 0 spiro atoms. The maximum absolute atomic E-state index is 10.5. The van der Waals surface area contributed by atoms with Gasteiger partial charge in [-0.05, 0) is 6.42 Å². The van der Waals surface area contributed by atoms with Crippen LogP contribution in [-0.2, 0) is 24.2 Å². The van der Waals surface area contributed by atoms with Crippen LogP contribution < -0.4 is 5.14 Å². The molecule has 15 heavy (non-hydrogen) atoms. The highest BCUT2D eigenvalue weighted by Crippen LogP contribution is 2.07. The fourth-order valence-electron chi connectivity index (χ4n) is 1.20. The van der Waals surface area contributed by atoms with E-state index in [1.54, 1.807) is 0 Å². The van der Waals surface area contributed by atoms with Crippen LogP contribution in [-0.4, -0.2) is 53.3 Å². The number of sulfonamides is 1. The Morgan fingerprint density at radius 2 is 2.13 bits per heavy atom. The molecule has 1 atom stereocenters. The summed E-state index contributed by atoms with van der Waals surface area (Å²) >= 11 is 0. The van der Waals surface area contributed by atoms with Crippen molar-refractivity contribution in [2.45, 2.75) is 12.5 Å². The van der Waals surface area contributed by atoms with E-state index in [4.69, 9.17) is 19.3 Å². The minimum atomic E-state index is -3.41. The SMILES string of the molecule is NS(=O)(=O)CCOCCOC1CCOC1. The van der Waals surface area contributed by atoms with Crippen molar-refractivity contribution in [1.82, 2.24) is 0 Å². The first kappa shape index (κ1) is 12.9. The summed E-state index contributed by atoms with van der Waals surface area (Å²) in [6, 6.07) is 0. The highest BCUT2D eigenvalue weighted by Gasteiger charge is 2.15. The lowest BCUT2D eigenvalue weighted by atomic mass is 10.3. The highest BCUT2D eigenvalue weighted by molar-refractivity contribution is 7.89. The topological polar surface area (TPSA) is 87.9 Å². The van der Waals surface area contributed by atoms with Crippen molar-refractivity contribution in [2.24, 2.45) is 5.14 Å². The largest absolute Gasteiger partial charge is 0.379 e. The van der Waals surface area contributed by atoms with Gasteiger partial charge in [-0.3, -0.25) is 0 Å². The molecule has 0 saturated carbocycles. The second-order valence-electron chi connectivity index (χ2n) is 3.34. The molecule has 0 aliphatic carbocycles. The van der Waals surface area contributed by atoms with E-state index in [1.165, 1.54) is 0 Å². The molecule has 1 aliphatic heterocycles. The van der Waals surface area contributed by atoms with Gasteiger partial charge in [-0.15, -0.1) is 0 Å². The van der Waals surface area contributed by atoms with Gasteiger partial charge in [0.25, 0.3) is 0 Å². The molecule has 1 fully saturated rings. The minimum absolute atomic E-state index is 0.114. The first-order valence-corrected chi connectivity index (χ1v) is 6.57. The van der Waals surface area contributed by atoms with E-state index in [9.17, 15) is 8.42 Å². The molecule has 0 aromatic carbocycles. The van der Waals surface area contributed by atoms with Gasteiger partial charge in [-0.2, -0.15) is 0 Å². The quantitative estimate of drug-likeness (QED) is 0.581. The van der Waals surface area contributed by atoms with Crippen LogP contribution in [0.5, 0.6) is 0 Å². The standard InChI is InChI=1S/C8H17NO5S/c9-15(10,11)6-5-12-3-4-14-8-1-2-13-7-8/h8H,1-7H2,(H2,9,10,11). The lowest BCUT2D eigenvalue weighted by molar-refractivity contribution is 0.00394. The minimum Gasteiger partial charge on any atom is -0.379 e. The van der Waals surface area contributed by atoms with E-state index >= 15 is 0 Å². The molecule has 2 N–H and O–H groups in total. The van der Waals surface area contributed by atoms with Gasteiger partial charge in [0.1, 0.15) is 0 Å². The molecular formula is C8H17NO5S. The predicted octanol–water partition coefficient (Wildman–Crippen LogP) is -0.903. The van der Waals surface area contributed by atoms with Gasteiger partial charge in [0.2, 0.25) is 10.0 Å². The number of rotatable bonds is 7. The molecule has 1 rings (SSSR count). The summed E-state index contributed by atoms with van der Waals surface area (Å²) in [5, 5.41) is 4.79. The van der Waals surface area contributed by atoms with Crippen molar-refractivity contribution < 1.29 is 22.6 Å². The Morgan fingerprint density at radius 1 is 1.33 bits per heavy atom. The maximum Gasteiger partial charge on any atom is 0.211 e. The molecule has 1 unspecified atom stereocenters. The second kappa shape index (κ2) is 6.39. The lowest BCUT2D eigenvalue weighted by Gasteiger charge is -2.09. The van der Waals surface area contributed by atoms with Crippen molar-refractivity contribution in [1.29, 1.82) is 0 Å². The average Bonchev–Trinajstić information content (AvgIpc) is 2.61. The summed E-state index contributed by atoms with van der Waals surface area (Å²) in [6.07, 6.45) is 1.07. The third-order valence-electron chi connectivity index (χ3n) is 1.98. The van der Waals surface area contributed by atoms with Gasteiger partial charge in [0, 0.05) is 6.61 Å². The van der Waals surface area contributed by atoms with Gasteiger partial charge in [-0.1, -0.05) is 0 Å². The normalized spacial score (nSPS) is 22.1. The number of ether oxygens (including phenoxy) is 3. The zero-order valence-electron chi connectivity index (χ0n) is 8.55. The third kappa shape index (κ3) is 6.80. The summed E-state index contributed by atoms with van der Waals surface area (Å²) in [5.41, 5.74) is 0. The van der Waals surface area contributed by atoms with E-state index < -0.39 is 10.0 Å². The summed E-state index contributed by atoms with van der Waals surface area (Å²) in [7, 11) is -3.41. The van der Waals surface area contributed by atoms with E-state index in [0.717, 1.165) is 13.0 Å². The van der Waals surface area contributed by atoms with Crippen molar-refractivity contribution in [2.75, 3.05) is 38.8 Å². The third-order valence-corrected chi connectivity index (χ3v) is 2.72. The maximum atomic E-state index is 10.5. The highest BCUT2D eigenvalue weighted by atomic mass is 32.2. The van der Waals surface area contributed by atoms with Crippen LogP contribution in [0.2, 0.25) is 0 Å². The van der Waals surface area contributed by atoms with Gasteiger partial charge in [-0.25, -0.2) is 13.6 Å². The molecule has 6 nitrogen and oxygen atoms in total. The van der Waals surface area contributed by atoms with Crippen LogP contribution in [0.4, 0.5) is 0 Å². The van der Waals surface area contributed by atoms with Crippen LogP contribution in [0, 0.1) is 0 Å². The van der Waals surface area contributed by atoms with Gasteiger partial charge >= 0.3 is 0 Å². The lowest BCUT2D eigenvalue weighted by Crippen LogP contribution is -2.22. The molecule has 1 aliphatic rings. The van der Waals surface area contributed by atoms with E-state index in [2.05, 4.69) is 0 Å². The van der Waals surface area contributed by atoms with Crippen LogP contribution in [0.25, 0.3) is 0 Å².